The van der Waals surface area contributed by atoms with Gasteiger partial charge < -0.3 is 15.0 Å². The number of nitrogens with one attached hydrogen (secondary N) is 2. The predicted octanol–water partition coefficient (Wildman–Crippen LogP) is 4.84. The van der Waals surface area contributed by atoms with Crippen LogP contribution in [-0.4, -0.2) is 56.7 Å². The molecule has 0 amide bonds. The van der Waals surface area contributed by atoms with E-state index in [1.54, 1.807) is 0 Å². The number of ether oxygens (including phenoxy) is 1. The highest BCUT2D eigenvalue weighted by molar-refractivity contribution is 6.00. The number of pyridine rings is 1. The van der Waals surface area contributed by atoms with E-state index in [2.05, 4.69) is 35.1 Å². The lowest BCUT2D eigenvalue weighted by atomic mass is 9.95. The van der Waals surface area contributed by atoms with Crippen molar-refractivity contribution < 1.29 is 22.3 Å². The third-order valence-corrected chi connectivity index (χ3v) is 6.90. The Hall–Kier alpha value is -3.54. The molecular weight excluding hydrogens is 490 g/mol. The number of anilines is 1. The van der Waals surface area contributed by atoms with E-state index in [9.17, 15) is 13.2 Å². The summed E-state index contributed by atoms with van der Waals surface area (Å²) in [6.07, 6.45) is -0.0964. The second-order valence-corrected chi connectivity index (χ2v) is 10.7. The van der Waals surface area contributed by atoms with Crippen LogP contribution in [0.3, 0.4) is 0 Å². The van der Waals surface area contributed by atoms with Gasteiger partial charge in [-0.25, -0.2) is 14.4 Å². The number of rotatable bonds is 3. The van der Waals surface area contributed by atoms with Crippen molar-refractivity contribution in [3.63, 3.8) is 0 Å². The van der Waals surface area contributed by atoms with Crippen molar-refractivity contribution in [3.8, 4) is 17.0 Å². The number of H-pyrrole nitrogens is 1. The van der Waals surface area contributed by atoms with Gasteiger partial charge in [-0.3, -0.25) is 10.1 Å². The van der Waals surface area contributed by atoms with E-state index in [1.165, 1.54) is 18.5 Å². The van der Waals surface area contributed by atoms with E-state index in [-0.39, 0.29) is 22.2 Å². The molecule has 0 radical (unpaired) electrons. The highest BCUT2D eigenvalue weighted by Gasteiger charge is 2.36. The van der Waals surface area contributed by atoms with Crippen LogP contribution >= 0.6 is 0 Å². The minimum absolute atomic E-state index is 0.00395. The first-order valence-corrected chi connectivity index (χ1v) is 12.1. The Morgan fingerprint density at radius 2 is 1.73 bits per heavy atom. The molecule has 2 saturated heterocycles. The van der Waals surface area contributed by atoms with Gasteiger partial charge in [0, 0.05) is 42.2 Å². The summed E-state index contributed by atoms with van der Waals surface area (Å²) in [5.41, 5.74) is -0.532. The minimum Gasteiger partial charge on any atom is -0.405 e. The maximum atomic E-state index is 16.3. The molecule has 2 atom stereocenters. The van der Waals surface area contributed by atoms with Crippen LogP contribution in [0.4, 0.5) is 23.4 Å². The zero-order chi connectivity index (χ0) is 26.1. The van der Waals surface area contributed by atoms with Gasteiger partial charge in [0.2, 0.25) is 0 Å². The number of nitrogens with zero attached hydrogens (tertiary/aromatic N) is 5. The number of hydrogen-bond acceptors (Lipinski definition) is 7. The lowest BCUT2D eigenvalue weighted by Crippen LogP contribution is -2.51. The molecule has 8 nitrogen and oxygen atoms in total. The Kier molecular flexibility index (Phi) is 5.30. The molecule has 194 valence electrons. The van der Waals surface area contributed by atoms with Gasteiger partial charge in [-0.15, -0.1) is 13.2 Å². The number of alkyl halides is 3. The van der Waals surface area contributed by atoms with Crippen molar-refractivity contribution >= 4 is 27.6 Å². The van der Waals surface area contributed by atoms with Crippen LogP contribution in [0.15, 0.2) is 24.5 Å². The van der Waals surface area contributed by atoms with Gasteiger partial charge in [-0.2, -0.15) is 5.10 Å². The molecule has 2 unspecified atom stereocenters. The monoisotopic (exact) mass is 515 g/mol. The number of halogens is 4. The second-order valence-electron chi connectivity index (χ2n) is 10.7. The molecule has 37 heavy (non-hydrogen) atoms. The van der Waals surface area contributed by atoms with Crippen LogP contribution in [0.1, 0.15) is 39.4 Å². The molecule has 2 fully saturated rings. The number of fused-ring (bicyclic) bond motifs is 4. The van der Waals surface area contributed by atoms with Crippen LogP contribution in [0, 0.1) is 5.82 Å². The zero-order valence-electron chi connectivity index (χ0n) is 20.4. The number of benzene rings is 1. The van der Waals surface area contributed by atoms with Gasteiger partial charge >= 0.3 is 6.36 Å². The van der Waals surface area contributed by atoms with Gasteiger partial charge in [0.05, 0.1) is 22.7 Å². The van der Waals surface area contributed by atoms with E-state index in [0.717, 1.165) is 18.9 Å². The molecule has 3 aromatic heterocycles. The van der Waals surface area contributed by atoms with E-state index < -0.39 is 23.3 Å². The fourth-order valence-electron chi connectivity index (χ4n) is 5.21. The molecule has 12 heteroatoms. The molecule has 1 aromatic carbocycles. The molecule has 2 aliphatic heterocycles. The summed E-state index contributed by atoms with van der Waals surface area (Å²) >= 11 is 0. The van der Waals surface area contributed by atoms with Gasteiger partial charge in [0.1, 0.15) is 28.6 Å². The molecule has 2 N–H and O–H groups in total. The summed E-state index contributed by atoms with van der Waals surface area (Å²) in [5.74, 6) is -0.397. The zero-order valence-corrected chi connectivity index (χ0v) is 20.4. The molecule has 6 rings (SSSR count). The first-order chi connectivity index (χ1) is 17.5. The largest absolute Gasteiger partial charge is 0.573 e. The second kappa shape index (κ2) is 8.23. The predicted molar refractivity (Wildman–Crippen MR) is 130 cm³/mol. The van der Waals surface area contributed by atoms with Crippen molar-refractivity contribution in [2.75, 3.05) is 18.0 Å². The van der Waals surface area contributed by atoms with E-state index >= 15 is 4.39 Å². The van der Waals surface area contributed by atoms with E-state index in [4.69, 9.17) is 4.98 Å². The molecule has 2 bridgehead atoms. The summed E-state index contributed by atoms with van der Waals surface area (Å²) in [6, 6.07) is 3.15. The number of piperazine rings is 1. The van der Waals surface area contributed by atoms with Gasteiger partial charge in [-0.1, -0.05) is 20.8 Å². The molecule has 4 aromatic rings. The molecule has 0 saturated carbocycles. The molecule has 0 aliphatic carbocycles. The Balaban J connectivity index is 1.58. The van der Waals surface area contributed by atoms with Crippen molar-refractivity contribution in [2.45, 2.75) is 57.5 Å². The summed E-state index contributed by atoms with van der Waals surface area (Å²) in [7, 11) is 0. The normalized spacial score (nSPS) is 20.2. The standard InChI is InChI=1S/C25H25F4N7O/c1-24(2,3)23-33-20-15(22(34-23)36-10-12-4-5-13(11-36)32-12)8-30-21(19(20)26)18-14-9-31-35-16(14)6-7-17(18)37-25(27,28)29/h6-9,12-13,32H,4-5,10-11H2,1-3H3,(H,31,35). The summed E-state index contributed by atoms with van der Waals surface area (Å²) in [6.45, 7) is 7.23. The molecular formula is C25H25F4N7O. The Labute approximate surface area is 209 Å². The lowest BCUT2D eigenvalue weighted by Gasteiger charge is -2.35. The maximum absolute atomic E-state index is 16.3. The van der Waals surface area contributed by atoms with Crippen molar-refractivity contribution in [1.82, 2.24) is 30.5 Å². The summed E-state index contributed by atoms with van der Waals surface area (Å²) < 4.78 is 60.3. The van der Waals surface area contributed by atoms with Crippen LogP contribution in [0.5, 0.6) is 5.75 Å². The highest BCUT2D eigenvalue weighted by atomic mass is 19.4. The molecule has 2 aliphatic rings. The quantitative estimate of drug-likeness (QED) is 0.377. The van der Waals surface area contributed by atoms with Crippen LogP contribution in [0.25, 0.3) is 33.1 Å². The average molecular weight is 516 g/mol. The van der Waals surface area contributed by atoms with Crippen molar-refractivity contribution in [3.05, 3.63) is 36.2 Å². The Bertz CT molecular complexity index is 1500. The van der Waals surface area contributed by atoms with Crippen LogP contribution in [-0.2, 0) is 5.41 Å². The van der Waals surface area contributed by atoms with Crippen LogP contribution in [0.2, 0.25) is 0 Å². The van der Waals surface area contributed by atoms with Gasteiger partial charge in [0.15, 0.2) is 5.82 Å². The number of aromatic amines is 1. The highest BCUT2D eigenvalue weighted by Crippen LogP contribution is 2.41. The lowest BCUT2D eigenvalue weighted by molar-refractivity contribution is -0.274. The molecule has 0 spiro atoms. The SMILES string of the molecule is CC(C)(C)c1nc(N2CC3CCC(C2)N3)c2cnc(-c3c(OC(F)(F)F)ccc4[nH]ncc34)c(F)c2n1. The third-order valence-electron chi connectivity index (χ3n) is 6.90. The van der Waals surface area contributed by atoms with E-state index in [0.29, 0.717) is 47.7 Å². The number of hydrogen-bond donors (Lipinski definition) is 2. The van der Waals surface area contributed by atoms with Gasteiger partial charge in [-0.05, 0) is 25.0 Å². The van der Waals surface area contributed by atoms with Gasteiger partial charge in [0.25, 0.3) is 0 Å². The topological polar surface area (TPSA) is 91.8 Å². The molecule has 5 heterocycles. The van der Waals surface area contributed by atoms with Crippen molar-refractivity contribution in [1.29, 1.82) is 0 Å². The smallest absolute Gasteiger partial charge is 0.405 e. The Morgan fingerprint density at radius 1 is 1.00 bits per heavy atom. The van der Waals surface area contributed by atoms with Crippen molar-refractivity contribution in [2.24, 2.45) is 0 Å². The summed E-state index contributed by atoms with van der Waals surface area (Å²) in [5, 5.41) is 10.8. The first-order valence-electron chi connectivity index (χ1n) is 12.1. The first kappa shape index (κ1) is 23.8. The third kappa shape index (κ3) is 4.22. The summed E-state index contributed by atoms with van der Waals surface area (Å²) in [4.78, 5) is 15.8. The maximum Gasteiger partial charge on any atom is 0.573 e. The fraction of sp³-hybridized carbons (Fsp3) is 0.440. The number of aromatic nitrogens is 5. The fourth-order valence-corrected chi connectivity index (χ4v) is 5.21. The minimum atomic E-state index is -4.98. The van der Waals surface area contributed by atoms with Crippen LogP contribution < -0.4 is 15.0 Å². The van der Waals surface area contributed by atoms with E-state index in [1.807, 2.05) is 20.8 Å². The average Bonchev–Trinajstić information content (AvgIpc) is 3.43. The Morgan fingerprint density at radius 3 is 2.41 bits per heavy atom.